The summed E-state index contributed by atoms with van der Waals surface area (Å²) in [5.74, 6) is 1.88. The molecule has 0 aromatic heterocycles. The van der Waals surface area contributed by atoms with Crippen LogP contribution in [0.4, 0.5) is 0 Å². The van der Waals surface area contributed by atoms with Gasteiger partial charge in [-0.2, -0.15) is 0 Å². The van der Waals surface area contributed by atoms with E-state index in [1.54, 1.807) is 0 Å². The smallest absolute Gasteiger partial charge is 0.193 e. The van der Waals surface area contributed by atoms with E-state index in [-0.39, 0.29) is 0 Å². The molecule has 1 aliphatic rings. The summed E-state index contributed by atoms with van der Waals surface area (Å²) in [6.45, 7) is 6.39. The maximum Gasteiger partial charge on any atom is 0.193 e. The fourth-order valence-electron chi connectivity index (χ4n) is 2.86. The first kappa shape index (κ1) is 16.8. The molecule has 0 amide bonds. The number of likely N-dealkylation sites (tertiary alicyclic amines) is 1. The van der Waals surface area contributed by atoms with E-state index in [2.05, 4.69) is 65.4 Å². The number of rotatable bonds is 4. The number of guanidine groups is 1. The molecule has 0 atom stereocenters. The Balaban J connectivity index is 1.85. The van der Waals surface area contributed by atoms with Crippen LogP contribution in [0.1, 0.15) is 30.9 Å². The highest BCUT2D eigenvalue weighted by Gasteiger charge is 2.18. The monoisotopic (exact) mass is 302 g/mol. The number of aliphatic imine (C=N–C) groups is 1. The molecule has 2 rings (SSSR count). The molecule has 0 saturated carbocycles. The molecule has 0 unspecified atom stereocenters. The minimum Gasteiger partial charge on any atom is -0.352 e. The molecule has 1 saturated heterocycles. The molecule has 1 aromatic carbocycles. The Morgan fingerprint density at radius 3 is 2.32 bits per heavy atom. The maximum atomic E-state index is 4.43. The van der Waals surface area contributed by atoms with Gasteiger partial charge in [-0.25, -0.2) is 0 Å². The highest BCUT2D eigenvalue weighted by Crippen LogP contribution is 2.16. The van der Waals surface area contributed by atoms with Crippen molar-refractivity contribution in [2.45, 2.75) is 32.9 Å². The van der Waals surface area contributed by atoms with Gasteiger partial charge in [0.2, 0.25) is 0 Å². The van der Waals surface area contributed by atoms with Gasteiger partial charge in [0.25, 0.3) is 0 Å². The van der Waals surface area contributed by atoms with Crippen molar-refractivity contribution in [3.63, 3.8) is 0 Å². The zero-order chi connectivity index (χ0) is 15.9. The number of nitrogens with one attached hydrogen (secondary N) is 1. The molecule has 1 fully saturated rings. The van der Waals surface area contributed by atoms with E-state index in [0.29, 0.717) is 0 Å². The third kappa shape index (κ3) is 5.02. The molecule has 1 N–H and O–H groups in total. The lowest BCUT2D eigenvalue weighted by atomic mass is 9.99. The summed E-state index contributed by atoms with van der Waals surface area (Å²) in [6, 6.07) is 8.83. The Morgan fingerprint density at radius 2 is 1.77 bits per heavy atom. The molecule has 1 heterocycles. The minimum absolute atomic E-state index is 0.834. The van der Waals surface area contributed by atoms with Crippen molar-refractivity contribution in [3.8, 4) is 0 Å². The number of nitrogens with zero attached hydrogens (tertiary/aromatic N) is 3. The fraction of sp³-hybridized carbons (Fsp3) is 0.611. The summed E-state index contributed by atoms with van der Waals surface area (Å²) in [5.41, 5.74) is 2.65. The molecule has 22 heavy (non-hydrogen) atoms. The number of hydrogen-bond acceptors (Lipinski definition) is 2. The average molecular weight is 302 g/mol. The highest BCUT2D eigenvalue weighted by molar-refractivity contribution is 5.79. The molecule has 0 bridgehead atoms. The third-order valence-electron chi connectivity index (χ3n) is 4.27. The third-order valence-corrected chi connectivity index (χ3v) is 4.27. The van der Waals surface area contributed by atoms with Gasteiger partial charge in [-0.05, 0) is 44.0 Å². The predicted molar refractivity (Wildman–Crippen MR) is 94.0 cm³/mol. The molecular formula is C18H30N4. The van der Waals surface area contributed by atoms with Gasteiger partial charge in [-0.15, -0.1) is 0 Å². The van der Waals surface area contributed by atoms with Crippen LogP contribution < -0.4 is 5.32 Å². The summed E-state index contributed by atoms with van der Waals surface area (Å²) in [5, 5.41) is 3.50. The first-order valence-electron chi connectivity index (χ1n) is 8.26. The molecule has 4 nitrogen and oxygen atoms in total. The molecular weight excluding hydrogens is 272 g/mol. The van der Waals surface area contributed by atoms with Gasteiger partial charge in [-0.3, -0.25) is 4.99 Å². The fourth-order valence-corrected chi connectivity index (χ4v) is 2.86. The second-order valence-electron chi connectivity index (χ2n) is 6.62. The van der Waals surface area contributed by atoms with Gasteiger partial charge in [-0.1, -0.05) is 31.2 Å². The Labute approximate surface area is 135 Å². The van der Waals surface area contributed by atoms with Gasteiger partial charge in [0.05, 0.1) is 0 Å². The lowest BCUT2D eigenvalue weighted by molar-refractivity contribution is 0.273. The van der Waals surface area contributed by atoms with Gasteiger partial charge in [0.15, 0.2) is 5.96 Å². The van der Waals surface area contributed by atoms with E-state index >= 15 is 0 Å². The van der Waals surface area contributed by atoms with Gasteiger partial charge < -0.3 is 15.1 Å². The van der Waals surface area contributed by atoms with Crippen LogP contribution in [-0.2, 0) is 13.1 Å². The molecule has 122 valence electrons. The highest BCUT2D eigenvalue weighted by atomic mass is 15.3. The van der Waals surface area contributed by atoms with Crippen LogP contribution >= 0.6 is 0 Å². The molecule has 0 radical (unpaired) electrons. The summed E-state index contributed by atoms with van der Waals surface area (Å²) < 4.78 is 0. The van der Waals surface area contributed by atoms with Crippen LogP contribution in [0.3, 0.4) is 0 Å². The molecule has 0 aliphatic carbocycles. The van der Waals surface area contributed by atoms with Gasteiger partial charge in [0, 0.05) is 33.2 Å². The Bertz CT molecular complexity index is 470. The first-order chi connectivity index (χ1) is 10.6. The molecule has 0 spiro atoms. The van der Waals surface area contributed by atoms with E-state index in [4.69, 9.17) is 0 Å². The zero-order valence-corrected chi connectivity index (χ0v) is 14.5. The molecule has 1 aliphatic heterocycles. The van der Waals surface area contributed by atoms with Crippen LogP contribution in [-0.4, -0.2) is 50.0 Å². The normalized spacial score (nSPS) is 17.1. The van der Waals surface area contributed by atoms with Crippen LogP contribution in [0, 0.1) is 5.92 Å². The summed E-state index contributed by atoms with van der Waals surface area (Å²) in [4.78, 5) is 9.00. The van der Waals surface area contributed by atoms with E-state index in [9.17, 15) is 0 Å². The maximum absolute atomic E-state index is 4.43. The average Bonchev–Trinajstić information content (AvgIpc) is 2.50. The SMILES string of the molecule is CN=C(NCc1ccc(CN(C)C)cc1)N1CCC(C)CC1. The van der Waals surface area contributed by atoms with E-state index in [1.807, 2.05) is 7.05 Å². The topological polar surface area (TPSA) is 30.9 Å². The summed E-state index contributed by atoms with van der Waals surface area (Å²) >= 11 is 0. The lowest BCUT2D eigenvalue weighted by Gasteiger charge is -2.32. The zero-order valence-electron chi connectivity index (χ0n) is 14.5. The minimum atomic E-state index is 0.834. The largest absolute Gasteiger partial charge is 0.352 e. The predicted octanol–water partition coefficient (Wildman–Crippen LogP) is 2.56. The van der Waals surface area contributed by atoms with Crippen molar-refractivity contribution in [2.75, 3.05) is 34.2 Å². The van der Waals surface area contributed by atoms with Crippen LogP contribution in [0.15, 0.2) is 29.3 Å². The van der Waals surface area contributed by atoms with Crippen molar-refractivity contribution in [1.82, 2.24) is 15.1 Å². The second kappa shape index (κ2) is 8.18. The van der Waals surface area contributed by atoms with E-state index in [1.165, 1.54) is 24.0 Å². The standard InChI is InChI=1S/C18H30N4/c1-15-9-11-22(12-10-15)18(19-2)20-13-16-5-7-17(8-6-16)14-21(3)4/h5-8,15H,9-14H2,1-4H3,(H,19,20). The second-order valence-corrected chi connectivity index (χ2v) is 6.62. The Kier molecular flexibility index (Phi) is 6.25. The van der Waals surface area contributed by atoms with Crippen molar-refractivity contribution in [2.24, 2.45) is 10.9 Å². The summed E-state index contributed by atoms with van der Waals surface area (Å²) in [7, 11) is 6.07. The van der Waals surface area contributed by atoms with E-state index < -0.39 is 0 Å². The number of hydrogen-bond donors (Lipinski definition) is 1. The van der Waals surface area contributed by atoms with Gasteiger partial charge >= 0.3 is 0 Å². The number of benzene rings is 1. The van der Waals surface area contributed by atoms with Crippen molar-refractivity contribution >= 4 is 5.96 Å². The van der Waals surface area contributed by atoms with Gasteiger partial charge in [0.1, 0.15) is 0 Å². The van der Waals surface area contributed by atoms with Crippen molar-refractivity contribution in [3.05, 3.63) is 35.4 Å². The molecule has 1 aromatic rings. The van der Waals surface area contributed by atoms with Crippen molar-refractivity contribution < 1.29 is 0 Å². The van der Waals surface area contributed by atoms with Crippen LogP contribution in [0.25, 0.3) is 0 Å². The molecule has 4 heteroatoms. The van der Waals surface area contributed by atoms with Crippen LogP contribution in [0.5, 0.6) is 0 Å². The summed E-state index contributed by atoms with van der Waals surface area (Å²) in [6.07, 6.45) is 2.53. The van der Waals surface area contributed by atoms with Crippen LogP contribution in [0.2, 0.25) is 0 Å². The Hall–Kier alpha value is -1.55. The first-order valence-corrected chi connectivity index (χ1v) is 8.26. The van der Waals surface area contributed by atoms with Crippen molar-refractivity contribution in [1.29, 1.82) is 0 Å². The lowest BCUT2D eigenvalue weighted by Crippen LogP contribution is -2.45. The quantitative estimate of drug-likeness (QED) is 0.685. The Morgan fingerprint density at radius 1 is 1.18 bits per heavy atom. The number of piperidine rings is 1. The van der Waals surface area contributed by atoms with E-state index in [0.717, 1.165) is 38.1 Å².